The second-order valence-corrected chi connectivity index (χ2v) is 8.84. The van der Waals surface area contributed by atoms with Gasteiger partial charge in [0.05, 0.1) is 19.3 Å². The minimum Gasteiger partial charge on any atom is -0.496 e. The van der Waals surface area contributed by atoms with Crippen LogP contribution in [0.3, 0.4) is 0 Å². The predicted molar refractivity (Wildman–Crippen MR) is 141 cm³/mol. The summed E-state index contributed by atoms with van der Waals surface area (Å²) in [6.45, 7) is 5.02. The van der Waals surface area contributed by atoms with E-state index in [1.807, 2.05) is 36.1 Å². The number of hydrogen-bond donors (Lipinski definition) is 4. The van der Waals surface area contributed by atoms with Gasteiger partial charge in [0.1, 0.15) is 5.75 Å². The topological polar surface area (TPSA) is 96.7 Å². The number of rotatable bonds is 5. The molecule has 1 aliphatic heterocycles. The zero-order valence-corrected chi connectivity index (χ0v) is 21.4. The summed E-state index contributed by atoms with van der Waals surface area (Å²) in [7, 11) is 1.63. The highest BCUT2D eigenvalue weighted by Gasteiger charge is 2.35. The number of nitrogens with zero attached hydrogens (tertiary/aromatic N) is 1. The van der Waals surface area contributed by atoms with Gasteiger partial charge < -0.3 is 26.0 Å². The number of nitrogens with one attached hydrogen (secondary N) is 2. The first-order chi connectivity index (χ1) is 16.4. The van der Waals surface area contributed by atoms with Crippen molar-refractivity contribution in [3.63, 3.8) is 0 Å². The Morgan fingerprint density at radius 1 is 1.15 bits per heavy atom. The number of anilines is 2. The first kappa shape index (κ1) is 25.9. The summed E-state index contributed by atoms with van der Waals surface area (Å²) in [5.41, 5.74) is 11.8. The third-order valence-electron chi connectivity index (χ3n) is 6.86. The molecule has 2 aromatic rings. The Morgan fingerprint density at radius 3 is 2.47 bits per heavy atom. The monoisotopic (exact) mass is 484 g/mol. The first-order valence-electron chi connectivity index (χ1n) is 11.7. The minimum absolute atomic E-state index is 0.0335. The van der Waals surface area contributed by atoms with Crippen LogP contribution in [0.15, 0.2) is 30.3 Å². The summed E-state index contributed by atoms with van der Waals surface area (Å²) in [5.74, 6) is 0.742. The number of carbonyl (C=O) groups excluding carboxylic acids is 2. The molecule has 8 heteroatoms. The molecule has 1 saturated carbocycles. The fourth-order valence-electron chi connectivity index (χ4n) is 4.84. The van der Waals surface area contributed by atoms with E-state index in [0.29, 0.717) is 13.1 Å². The van der Waals surface area contributed by atoms with Crippen molar-refractivity contribution >= 4 is 35.9 Å². The average molecular weight is 485 g/mol. The van der Waals surface area contributed by atoms with Crippen molar-refractivity contribution in [3.05, 3.63) is 52.6 Å². The molecule has 0 aromatic heterocycles. The summed E-state index contributed by atoms with van der Waals surface area (Å²) in [6.07, 6.45) is 4.84. The van der Waals surface area contributed by atoms with Crippen molar-refractivity contribution in [2.24, 2.45) is 11.7 Å². The molecule has 1 heterocycles. The summed E-state index contributed by atoms with van der Waals surface area (Å²) in [6, 6.07) is 9.80. The summed E-state index contributed by atoms with van der Waals surface area (Å²) >= 11 is 3.53. The van der Waals surface area contributed by atoms with Gasteiger partial charge in [0.25, 0.3) is 0 Å². The van der Waals surface area contributed by atoms with Crippen molar-refractivity contribution < 1.29 is 14.3 Å². The lowest BCUT2D eigenvalue weighted by Gasteiger charge is -2.40. The zero-order valence-electron chi connectivity index (χ0n) is 20.5. The smallest absolute Gasteiger partial charge is 0.322 e. The predicted octanol–water partition coefficient (Wildman–Crippen LogP) is 4.86. The van der Waals surface area contributed by atoms with E-state index in [4.69, 9.17) is 10.5 Å². The van der Waals surface area contributed by atoms with E-state index in [1.54, 1.807) is 13.4 Å². The molecule has 4 N–H and O–H groups in total. The summed E-state index contributed by atoms with van der Waals surface area (Å²) < 4.78 is 5.35. The number of methoxy groups -OCH3 is 1. The highest BCUT2D eigenvalue weighted by Crippen LogP contribution is 2.35. The van der Waals surface area contributed by atoms with Gasteiger partial charge in [-0.15, -0.1) is 0 Å². The lowest BCUT2D eigenvalue weighted by molar-refractivity contribution is -0.121. The van der Waals surface area contributed by atoms with Gasteiger partial charge in [-0.2, -0.15) is 12.6 Å². The van der Waals surface area contributed by atoms with Crippen LogP contribution >= 0.6 is 12.6 Å². The van der Waals surface area contributed by atoms with E-state index >= 15 is 0 Å². The second kappa shape index (κ2) is 11.6. The number of urea groups is 1. The molecule has 1 fully saturated rings. The lowest BCUT2D eigenvalue weighted by Crippen LogP contribution is -2.47. The van der Waals surface area contributed by atoms with Crippen LogP contribution in [0.2, 0.25) is 0 Å². The van der Waals surface area contributed by atoms with Gasteiger partial charge in [0, 0.05) is 30.3 Å². The molecule has 4 rings (SSSR count). The molecule has 34 heavy (non-hydrogen) atoms. The van der Waals surface area contributed by atoms with Crippen molar-refractivity contribution in [1.29, 1.82) is 0 Å². The summed E-state index contributed by atoms with van der Waals surface area (Å²) in [4.78, 5) is 27.6. The third-order valence-corrected chi connectivity index (χ3v) is 6.86. The van der Waals surface area contributed by atoms with Gasteiger partial charge in [0.15, 0.2) is 0 Å². The minimum atomic E-state index is -0.0718. The SMILES string of the molecule is COc1cc(NC(=O)C2CCC(N3Cc4c(C)ccc(CN)c4NC3=O)CC2)ccc1C.CS. The third kappa shape index (κ3) is 5.50. The Balaban J connectivity index is 0.00000158. The molecule has 184 valence electrons. The van der Waals surface area contributed by atoms with Crippen LogP contribution in [0.25, 0.3) is 0 Å². The van der Waals surface area contributed by atoms with Gasteiger partial charge in [-0.25, -0.2) is 4.79 Å². The Labute approximate surface area is 207 Å². The van der Waals surface area contributed by atoms with Crippen molar-refractivity contribution in [2.45, 2.75) is 58.7 Å². The van der Waals surface area contributed by atoms with Gasteiger partial charge >= 0.3 is 6.03 Å². The standard InChI is InChI=1S/C25H32N4O3.CH4S/c1-15-4-6-18(13-26)23-21(15)14-29(25(31)28-23)20-10-7-17(8-11-20)24(30)27-19-9-5-16(2)22(12-19)32-3;1-2/h4-6,9,12,17,20H,7-8,10-11,13-14,26H2,1-3H3,(H,27,30)(H,28,31);2H,1H3. The molecule has 0 radical (unpaired) electrons. The Bertz CT molecular complexity index is 1030. The van der Waals surface area contributed by atoms with E-state index in [9.17, 15) is 9.59 Å². The fourth-order valence-corrected chi connectivity index (χ4v) is 4.84. The van der Waals surface area contributed by atoms with Crippen LogP contribution in [-0.2, 0) is 17.9 Å². The van der Waals surface area contributed by atoms with Crippen LogP contribution in [0.5, 0.6) is 5.75 Å². The maximum Gasteiger partial charge on any atom is 0.322 e. The molecular formula is C26H36N4O3S. The molecule has 3 amide bonds. The Hall–Kier alpha value is -2.71. The van der Waals surface area contributed by atoms with Crippen molar-refractivity contribution in [3.8, 4) is 5.75 Å². The lowest BCUT2D eigenvalue weighted by atomic mass is 9.84. The van der Waals surface area contributed by atoms with E-state index in [-0.39, 0.29) is 23.9 Å². The van der Waals surface area contributed by atoms with E-state index in [0.717, 1.165) is 65.1 Å². The highest BCUT2D eigenvalue weighted by molar-refractivity contribution is 7.79. The van der Waals surface area contributed by atoms with Gasteiger partial charge in [-0.3, -0.25) is 4.79 Å². The molecule has 0 unspecified atom stereocenters. The number of carbonyl (C=O) groups is 2. The Kier molecular flexibility index (Phi) is 8.85. The normalized spacial score (nSPS) is 19.4. The van der Waals surface area contributed by atoms with Crippen LogP contribution in [0.4, 0.5) is 16.2 Å². The molecule has 2 aliphatic rings. The van der Waals surface area contributed by atoms with Crippen LogP contribution in [-0.4, -0.2) is 36.2 Å². The number of amides is 3. The van der Waals surface area contributed by atoms with Crippen molar-refractivity contribution in [2.75, 3.05) is 24.0 Å². The second-order valence-electron chi connectivity index (χ2n) is 8.84. The number of hydrogen-bond acceptors (Lipinski definition) is 5. The van der Waals surface area contributed by atoms with Gasteiger partial charge in [-0.05, 0) is 74.1 Å². The quantitative estimate of drug-likeness (QED) is 0.456. The Morgan fingerprint density at radius 2 is 1.82 bits per heavy atom. The van der Waals surface area contributed by atoms with E-state index in [1.165, 1.54) is 0 Å². The largest absolute Gasteiger partial charge is 0.496 e. The molecule has 2 aromatic carbocycles. The molecule has 0 bridgehead atoms. The maximum absolute atomic E-state index is 12.9. The number of ether oxygens (including phenoxy) is 1. The number of nitrogens with two attached hydrogens (primary N) is 1. The maximum atomic E-state index is 12.9. The molecule has 1 aliphatic carbocycles. The molecule has 0 atom stereocenters. The van der Waals surface area contributed by atoms with Crippen LogP contribution < -0.4 is 21.1 Å². The molecule has 0 saturated heterocycles. The number of aryl methyl sites for hydroxylation is 2. The first-order valence-corrected chi connectivity index (χ1v) is 12.6. The fraction of sp³-hybridized carbons (Fsp3) is 0.462. The molecular weight excluding hydrogens is 448 g/mol. The molecule has 7 nitrogen and oxygen atoms in total. The van der Waals surface area contributed by atoms with E-state index < -0.39 is 0 Å². The highest BCUT2D eigenvalue weighted by atomic mass is 32.1. The van der Waals surface area contributed by atoms with E-state index in [2.05, 4.69) is 36.3 Å². The van der Waals surface area contributed by atoms with Crippen LogP contribution in [0, 0.1) is 19.8 Å². The van der Waals surface area contributed by atoms with Gasteiger partial charge in [0.2, 0.25) is 5.91 Å². The van der Waals surface area contributed by atoms with Crippen molar-refractivity contribution in [1.82, 2.24) is 4.90 Å². The number of benzene rings is 2. The molecule has 0 spiro atoms. The number of fused-ring (bicyclic) bond motifs is 1. The number of thiol groups is 1. The van der Waals surface area contributed by atoms with Gasteiger partial charge in [-0.1, -0.05) is 18.2 Å². The average Bonchev–Trinajstić information content (AvgIpc) is 2.86. The zero-order chi connectivity index (χ0) is 24.8. The summed E-state index contributed by atoms with van der Waals surface area (Å²) in [5, 5.41) is 6.09. The van der Waals surface area contributed by atoms with Crippen LogP contribution in [0.1, 0.15) is 47.9 Å².